The summed E-state index contributed by atoms with van der Waals surface area (Å²) < 4.78 is 13.1. The van der Waals surface area contributed by atoms with Gasteiger partial charge in [-0.1, -0.05) is 49.4 Å². The Kier molecular flexibility index (Phi) is 8.00. The van der Waals surface area contributed by atoms with Crippen LogP contribution in [0.15, 0.2) is 72.8 Å². The Morgan fingerprint density at radius 1 is 0.944 bits per heavy atom. The molecule has 0 radical (unpaired) electrons. The average Bonchev–Trinajstić information content (AvgIpc) is 2.87. The summed E-state index contributed by atoms with van der Waals surface area (Å²) in [5.41, 5.74) is 5.20. The number of hydrogen-bond donors (Lipinski definition) is 2. The van der Waals surface area contributed by atoms with Crippen molar-refractivity contribution in [3.05, 3.63) is 95.4 Å². The zero-order valence-corrected chi connectivity index (χ0v) is 20.1. The van der Waals surface area contributed by atoms with E-state index >= 15 is 0 Å². The molecule has 0 spiro atoms. The van der Waals surface area contributed by atoms with Crippen molar-refractivity contribution in [1.29, 1.82) is 0 Å². The van der Waals surface area contributed by atoms with Gasteiger partial charge in [0.1, 0.15) is 5.82 Å². The van der Waals surface area contributed by atoms with Crippen LogP contribution in [0.1, 0.15) is 41.4 Å². The molecule has 1 amide bonds. The summed E-state index contributed by atoms with van der Waals surface area (Å²) in [6.07, 6.45) is 1.94. The van der Waals surface area contributed by atoms with Crippen molar-refractivity contribution in [3.8, 4) is 11.3 Å². The maximum atomic E-state index is 13.1. The number of aromatic nitrogens is 2. The second-order valence-electron chi connectivity index (χ2n) is 8.96. The van der Waals surface area contributed by atoms with E-state index in [1.165, 1.54) is 12.1 Å². The lowest BCUT2D eigenvalue weighted by atomic mass is 9.98. The standard InChI is InChI=1S/C29H28FN3O3/c1-19(17-27(34)35)7-13-25-28(21-5-3-2-4-6-21)33-24-14-10-22(18-26(24)32-25)29(36)31-16-15-20-8-11-23(30)12-9-20/h2-6,8-12,14,18-19H,7,13,15-17H2,1H3,(H,31,36)(H,34,35)/t19-/m1/s1. The van der Waals surface area contributed by atoms with Crippen LogP contribution in [-0.4, -0.2) is 33.5 Å². The van der Waals surface area contributed by atoms with Crippen molar-refractivity contribution in [1.82, 2.24) is 15.3 Å². The number of benzene rings is 3. The number of carboxylic acids is 1. The third-order valence-electron chi connectivity index (χ3n) is 6.06. The van der Waals surface area contributed by atoms with Crippen LogP contribution in [0.25, 0.3) is 22.3 Å². The minimum atomic E-state index is -0.814. The Morgan fingerprint density at radius 3 is 2.42 bits per heavy atom. The van der Waals surface area contributed by atoms with Gasteiger partial charge in [0.05, 0.1) is 22.4 Å². The molecule has 4 aromatic rings. The molecule has 36 heavy (non-hydrogen) atoms. The van der Waals surface area contributed by atoms with Gasteiger partial charge in [-0.3, -0.25) is 9.59 Å². The molecule has 1 aromatic heterocycles. The third-order valence-corrected chi connectivity index (χ3v) is 6.06. The second-order valence-corrected chi connectivity index (χ2v) is 8.96. The zero-order valence-electron chi connectivity index (χ0n) is 20.1. The lowest BCUT2D eigenvalue weighted by molar-refractivity contribution is -0.138. The average molecular weight is 486 g/mol. The molecule has 0 saturated carbocycles. The van der Waals surface area contributed by atoms with Gasteiger partial charge in [0.2, 0.25) is 0 Å². The highest BCUT2D eigenvalue weighted by molar-refractivity contribution is 5.97. The molecule has 0 aliphatic heterocycles. The first-order valence-corrected chi connectivity index (χ1v) is 12.0. The number of carbonyl (C=O) groups excluding carboxylic acids is 1. The highest BCUT2D eigenvalue weighted by atomic mass is 19.1. The van der Waals surface area contributed by atoms with Crippen LogP contribution in [0.2, 0.25) is 0 Å². The van der Waals surface area contributed by atoms with Gasteiger partial charge < -0.3 is 10.4 Å². The van der Waals surface area contributed by atoms with Gasteiger partial charge in [0.25, 0.3) is 5.91 Å². The van der Waals surface area contributed by atoms with Gasteiger partial charge in [0.15, 0.2) is 0 Å². The summed E-state index contributed by atoms with van der Waals surface area (Å²) in [4.78, 5) is 33.5. The van der Waals surface area contributed by atoms with Crippen molar-refractivity contribution in [2.24, 2.45) is 5.92 Å². The molecular formula is C29H28FN3O3. The van der Waals surface area contributed by atoms with Gasteiger partial charge >= 0.3 is 5.97 Å². The quantitative estimate of drug-likeness (QED) is 0.312. The summed E-state index contributed by atoms with van der Waals surface area (Å²) in [6, 6.07) is 21.2. The summed E-state index contributed by atoms with van der Waals surface area (Å²) in [6.45, 7) is 2.34. The zero-order chi connectivity index (χ0) is 25.5. The Morgan fingerprint density at radius 2 is 1.69 bits per heavy atom. The highest BCUT2D eigenvalue weighted by Gasteiger charge is 2.15. The molecule has 4 rings (SSSR count). The van der Waals surface area contributed by atoms with E-state index in [2.05, 4.69) is 5.32 Å². The minimum Gasteiger partial charge on any atom is -0.481 e. The maximum Gasteiger partial charge on any atom is 0.303 e. The molecular weight excluding hydrogens is 457 g/mol. The van der Waals surface area contributed by atoms with E-state index in [9.17, 15) is 14.0 Å². The number of hydrogen-bond acceptors (Lipinski definition) is 4. The van der Waals surface area contributed by atoms with E-state index in [1.807, 2.05) is 37.3 Å². The first-order valence-electron chi connectivity index (χ1n) is 12.0. The first kappa shape index (κ1) is 25.0. The fourth-order valence-corrected chi connectivity index (χ4v) is 4.09. The molecule has 6 nitrogen and oxygen atoms in total. The number of nitrogens with zero attached hydrogens (tertiary/aromatic N) is 2. The minimum absolute atomic E-state index is 0.00170. The fourth-order valence-electron chi connectivity index (χ4n) is 4.09. The third kappa shape index (κ3) is 6.50. The number of carboxylic acid groups (broad SMARTS) is 1. The summed E-state index contributed by atoms with van der Waals surface area (Å²) in [5.74, 6) is -1.32. The molecule has 7 heteroatoms. The molecule has 3 aromatic carbocycles. The molecule has 0 aliphatic rings. The highest BCUT2D eigenvalue weighted by Crippen LogP contribution is 2.26. The smallest absolute Gasteiger partial charge is 0.303 e. The Balaban J connectivity index is 1.54. The number of carbonyl (C=O) groups is 2. The molecule has 0 aliphatic carbocycles. The molecule has 184 valence electrons. The predicted octanol–water partition coefficient (Wildman–Crippen LogP) is 5.45. The van der Waals surface area contributed by atoms with Crippen molar-refractivity contribution >= 4 is 22.9 Å². The predicted molar refractivity (Wildman–Crippen MR) is 137 cm³/mol. The first-order chi connectivity index (χ1) is 17.4. The molecule has 0 saturated heterocycles. The number of rotatable bonds is 10. The number of aryl methyl sites for hydroxylation is 1. The Labute approximate surface area is 209 Å². The van der Waals surface area contributed by atoms with Crippen LogP contribution in [0.4, 0.5) is 4.39 Å². The topological polar surface area (TPSA) is 92.2 Å². The van der Waals surface area contributed by atoms with Gasteiger partial charge in [-0.2, -0.15) is 0 Å². The van der Waals surface area contributed by atoms with Crippen molar-refractivity contribution in [2.45, 2.75) is 32.6 Å². The van der Waals surface area contributed by atoms with Crippen LogP contribution in [0.5, 0.6) is 0 Å². The van der Waals surface area contributed by atoms with Gasteiger partial charge in [-0.25, -0.2) is 14.4 Å². The SMILES string of the molecule is C[C@H](CCc1nc2cc(C(=O)NCCc3ccc(F)cc3)ccc2nc1-c1ccccc1)CC(=O)O. The maximum absolute atomic E-state index is 13.1. The molecule has 1 heterocycles. The number of halogens is 1. The van der Waals surface area contributed by atoms with E-state index in [1.54, 1.807) is 30.3 Å². The summed E-state index contributed by atoms with van der Waals surface area (Å²) in [5, 5.41) is 12.0. The molecule has 0 bridgehead atoms. The largest absolute Gasteiger partial charge is 0.481 e. The monoisotopic (exact) mass is 485 g/mol. The van der Waals surface area contributed by atoms with E-state index in [0.717, 1.165) is 22.5 Å². The van der Waals surface area contributed by atoms with Gasteiger partial charge in [-0.05, 0) is 61.1 Å². The molecule has 1 atom stereocenters. The van der Waals surface area contributed by atoms with Gasteiger partial charge in [-0.15, -0.1) is 0 Å². The number of amides is 1. The van der Waals surface area contributed by atoms with Crippen LogP contribution in [0.3, 0.4) is 0 Å². The van der Waals surface area contributed by atoms with Crippen LogP contribution < -0.4 is 5.32 Å². The number of aliphatic carboxylic acids is 1. The van der Waals surface area contributed by atoms with Crippen LogP contribution in [0, 0.1) is 11.7 Å². The lowest BCUT2D eigenvalue weighted by Crippen LogP contribution is -2.25. The van der Waals surface area contributed by atoms with Crippen molar-refractivity contribution in [2.75, 3.05) is 6.54 Å². The van der Waals surface area contributed by atoms with E-state index < -0.39 is 5.97 Å². The van der Waals surface area contributed by atoms with Crippen molar-refractivity contribution < 1.29 is 19.1 Å². The van der Waals surface area contributed by atoms with Crippen molar-refractivity contribution in [3.63, 3.8) is 0 Å². The number of fused-ring (bicyclic) bond motifs is 1. The fraction of sp³-hybridized carbons (Fsp3) is 0.241. The van der Waals surface area contributed by atoms with Crippen LogP contribution in [-0.2, 0) is 17.6 Å². The van der Waals surface area contributed by atoms with E-state index in [0.29, 0.717) is 42.4 Å². The van der Waals surface area contributed by atoms with Crippen LogP contribution >= 0.6 is 0 Å². The Hall–Kier alpha value is -4.13. The normalized spacial score (nSPS) is 11.8. The second kappa shape index (κ2) is 11.5. The summed E-state index contributed by atoms with van der Waals surface area (Å²) in [7, 11) is 0. The Bertz CT molecular complexity index is 1360. The number of nitrogens with one attached hydrogen (secondary N) is 1. The molecule has 0 fully saturated rings. The van der Waals surface area contributed by atoms with E-state index in [-0.39, 0.29) is 24.1 Å². The lowest BCUT2D eigenvalue weighted by Gasteiger charge is -2.13. The molecule has 2 N–H and O–H groups in total. The van der Waals surface area contributed by atoms with E-state index in [4.69, 9.17) is 15.1 Å². The summed E-state index contributed by atoms with van der Waals surface area (Å²) >= 11 is 0. The molecule has 0 unspecified atom stereocenters. The van der Waals surface area contributed by atoms with Gasteiger partial charge in [0, 0.05) is 24.1 Å².